The predicted octanol–water partition coefficient (Wildman–Crippen LogP) is 3.35. The van der Waals surface area contributed by atoms with Crippen molar-refractivity contribution in [3.05, 3.63) is 41.5 Å². The zero-order valence-electron chi connectivity index (χ0n) is 10.9. The average Bonchev–Trinajstić information content (AvgIpc) is 2.33. The molecule has 0 spiro atoms. The Morgan fingerprint density at radius 1 is 1.39 bits per heavy atom. The maximum absolute atomic E-state index is 10.5. The lowest BCUT2D eigenvalue weighted by molar-refractivity contribution is -0.131. The van der Waals surface area contributed by atoms with Crippen LogP contribution in [-0.4, -0.2) is 17.7 Å². The molecule has 0 unspecified atom stereocenters. The van der Waals surface area contributed by atoms with Gasteiger partial charge in [-0.25, -0.2) is 4.79 Å². The molecule has 98 valence electrons. The fraction of sp³-hybridized carbons (Fsp3) is 0.400. The molecule has 0 saturated heterocycles. The van der Waals surface area contributed by atoms with Crippen LogP contribution in [-0.2, 0) is 16.1 Å². The molecule has 0 fully saturated rings. The maximum Gasteiger partial charge on any atom is 0.328 e. The fourth-order valence-corrected chi connectivity index (χ4v) is 1.49. The highest BCUT2D eigenvalue weighted by Gasteiger charge is 2.00. The summed E-state index contributed by atoms with van der Waals surface area (Å²) in [7, 11) is 0. The van der Waals surface area contributed by atoms with Crippen molar-refractivity contribution in [3.8, 4) is 0 Å². The zero-order valence-corrected chi connectivity index (χ0v) is 10.9. The van der Waals surface area contributed by atoms with E-state index in [1.54, 1.807) is 6.08 Å². The van der Waals surface area contributed by atoms with E-state index in [4.69, 9.17) is 9.84 Å². The first-order valence-corrected chi connectivity index (χ1v) is 6.16. The maximum atomic E-state index is 10.5. The van der Waals surface area contributed by atoms with Crippen molar-refractivity contribution in [1.29, 1.82) is 0 Å². The van der Waals surface area contributed by atoms with Gasteiger partial charge in [-0.3, -0.25) is 0 Å². The Labute approximate surface area is 108 Å². The SMILES string of the molecule is CC(C)CCOCc1ccccc1C=CC(=O)O. The fourth-order valence-electron chi connectivity index (χ4n) is 1.49. The number of rotatable bonds is 7. The van der Waals surface area contributed by atoms with E-state index in [1.165, 1.54) is 0 Å². The van der Waals surface area contributed by atoms with Crippen molar-refractivity contribution in [1.82, 2.24) is 0 Å². The van der Waals surface area contributed by atoms with E-state index < -0.39 is 5.97 Å². The molecule has 0 aliphatic carbocycles. The van der Waals surface area contributed by atoms with Crippen LogP contribution in [0.4, 0.5) is 0 Å². The van der Waals surface area contributed by atoms with E-state index in [0.717, 1.165) is 30.2 Å². The Morgan fingerprint density at radius 3 is 2.78 bits per heavy atom. The summed E-state index contributed by atoms with van der Waals surface area (Å²) < 4.78 is 5.60. The minimum Gasteiger partial charge on any atom is -0.478 e. The number of carboxylic acid groups (broad SMARTS) is 1. The molecule has 0 aromatic heterocycles. The van der Waals surface area contributed by atoms with Gasteiger partial charge in [0.15, 0.2) is 0 Å². The molecular formula is C15H20O3. The molecule has 0 aliphatic heterocycles. The number of hydrogen-bond donors (Lipinski definition) is 1. The second-order valence-corrected chi connectivity index (χ2v) is 4.61. The first-order valence-electron chi connectivity index (χ1n) is 6.16. The molecule has 0 atom stereocenters. The van der Waals surface area contributed by atoms with E-state index in [0.29, 0.717) is 12.5 Å². The van der Waals surface area contributed by atoms with Gasteiger partial charge in [0.05, 0.1) is 6.61 Å². The van der Waals surface area contributed by atoms with Crippen LogP contribution >= 0.6 is 0 Å². The van der Waals surface area contributed by atoms with Gasteiger partial charge in [-0.1, -0.05) is 38.1 Å². The van der Waals surface area contributed by atoms with Crippen molar-refractivity contribution < 1.29 is 14.6 Å². The second kappa shape index (κ2) is 7.67. The monoisotopic (exact) mass is 248 g/mol. The third kappa shape index (κ3) is 5.64. The van der Waals surface area contributed by atoms with Crippen molar-refractivity contribution in [2.45, 2.75) is 26.9 Å². The third-order valence-corrected chi connectivity index (χ3v) is 2.56. The van der Waals surface area contributed by atoms with Gasteiger partial charge < -0.3 is 9.84 Å². The first kappa shape index (κ1) is 14.5. The Balaban J connectivity index is 2.56. The molecule has 0 heterocycles. The molecule has 1 aromatic carbocycles. The summed E-state index contributed by atoms with van der Waals surface area (Å²) in [6.07, 6.45) is 3.78. The summed E-state index contributed by atoms with van der Waals surface area (Å²) in [5, 5.41) is 8.62. The molecule has 0 bridgehead atoms. The van der Waals surface area contributed by atoms with Gasteiger partial charge in [0, 0.05) is 12.7 Å². The number of carbonyl (C=O) groups is 1. The summed E-state index contributed by atoms with van der Waals surface area (Å²) in [6.45, 7) is 5.57. The predicted molar refractivity (Wildman–Crippen MR) is 72.2 cm³/mol. The molecule has 3 nitrogen and oxygen atoms in total. The van der Waals surface area contributed by atoms with Crippen LogP contribution < -0.4 is 0 Å². The number of hydrogen-bond acceptors (Lipinski definition) is 2. The van der Waals surface area contributed by atoms with Crippen molar-refractivity contribution in [3.63, 3.8) is 0 Å². The van der Waals surface area contributed by atoms with E-state index in [9.17, 15) is 4.79 Å². The van der Waals surface area contributed by atoms with Gasteiger partial charge in [-0.15, -0.1) is 0 Å². The summed E-state index contributed by atoms with van der Waals surface area (Å²) in [4.78, 5) is 10.5. The van der Waals surface area contributed by atoms with Crippen molar-refractivity contribution >= 4 is 12.0 Å². The molecule has 18 heavy (non-hydrogen) atoms. The van der Waals surface area contributed by atoms with Crippen LogP contribution in [0.2, 0.25) is 0 Å². The third-order valence-electron chi connectivity index (χ3n) is 2.56. The van der Waals surface area contributed by atoms with Crippen LogP contribution in [0.3, 0.4) is 0 Å². The Bertz CT molecular complexity index is 408. The van der Waals surface area contributed by atoms with E-state index in [2.05, 4.69) is 13.8 Å². The second-order valence-electron chi connectivity index (χ2n) is 4.61. The topological polar surface area (TPSA) is 46.5 Å². The van der Waals surface area contributed by atoms with Crippen LogP contribution in [0.1, 0.15) is 31.4 Å². The van der Waals surface area contributed by atoms with Gasteiger partial charge in [-0.05, 0) is 29.5 Å². The molecule has 3 heteroatoms. The van der Waals surface area contributed by atoms with Crippen LogP contribution in [0, 0.1) is 5.92 Å². The smallest absolute Gasteiger partial charge is 0.328 e. The lowest BCUT2D eigenvalue weighted by Gasteiger charge is -2.08. The highest BCUT2D eigenvalue weighted by molar-refractivity contribution is 5.85. The zero-order chi connectivity index (χ0) is 13.4. The van der Waals surface area contributed by atoms with Crippen LogP contribution in [0.15, 0.2) is 30.3 Å². The minimum absolute atomic E-state index is 0.521. The largest absolute Gasteiger partial charge is 0.478 e. The van der Waals surface area contributed by atoms with E-state index in [-0.39, 0.29) is 0 Å². The number of ether oxygens (including phenoxy) is 1. The molecule has 0 radical (unpaired) electrons. The summed E-state index contributed by atoms with van der Waals surface area (Å²) in [5.74, 6) is -0.308. The molecular weight excluding hydrogens is 228 g/mol. The van der Waals surface area contributed by atoms with Gasteiger partial charge in [-0.2, -0.15) is 0 Å². The number of benzene rings is 1. The van der Waals surface area contributed by atoms with Crippen molar-refractivity contribution in [2.75, 3.05) is 6.61 Å². The molecule has 1 aromatic rings. The molecule has 0 amide bonds. The van der Waals surface area contributed by atoms with Crippen LogP contribution in [0.25, 0.3) is 6.08 Å². The molecule has 1 N–H and O–H groups in total. The van der Waals surface area contributed by atoms with Gasteiger partial charge in [0.2, 0.25) is 0 Å². The van der Waals surface area contributed by atoms with Gasteiger partial charge in [0.25, 0.3) is 0 Å². The first-order chi connectivity index (χ1) is 8.59. The van der Waals surface area contributed by atoms with Gasteiger partial charge >= 0.3 is 5.97 Å². The number of carboxylic acids is 1. The Hall–Kier alpha value is -1.61. The van der Waals surface area contributed by atoms with Crippen molar-refractivity contribution in [2.24, 2.45) is 5.92 Å². The highest BCUT2D eigenvalue weighted by atomic mass is 16.5. The van der Waals surface area contributed by atoms with E-state index >= 15 is 0 Å². The minimum atomic E-state index is -0.939. The lowest BCUT2D eigenvalue weighted by atomic mass is 10.1. The Morgan fingerprint density at radius 2 is 2.11 bits per heavy atom. The summed E-state index contributed by atoms with van der Waals surface area (Å²) >= 11 is 0. The normalized spacial score (nSPS) is 11.3. The number of aliphatic carboxylic acids is 1. The molecule has 1 rings (SSSR count). The van der Waals surface area contributed by atoms with Crippen LogP contribution in [0.5, 0.6) is 0 Å². The average molecular weight is 248 g/mol. The lowest BCUT2D eigenvalue weighted by Crippen LogP contribution is -2.00. The molecule has 0 saturated carbocycles. The summed E-state index contributed by atoms with van der Waals surface area (Å²) in [6, 6.07) is 7.66. The molecule has 0 aliphatic rings. The highest BCUT2D eigenvalue weighted by Crippen LogP contribution is 2.12. The van der Waals surface area contributed by atoms with Gasteiger partial charge in [0.1, 0.15) is 0 Å². The quantitative estimate of drug-likeness (QED) is 0.594. The Kier molecular flexibility index (Phi) is 6.15. The standard InChI is InChI=1S/C15H20O3/c1-12(2)9-10-18-11-14-6-4-3-5-13(14)7-8-15(16)17/h3-8,12H,9-11H2,1-2H3,(H,16,17). The summed E-state index contributed by atoms with van der Waals surface area (Å²) in [5.41, 5.74) is 1.91. The van der Waals surface area contributed by atoms with E-state index in [1.807, 2.05) is 24.3 Å².